The van der Waals surface area contributed by atoms with Crippen molar-refractivity contribution in [1.29, 1.82) is 0 Å². The topological polar surface area (TPSA) is 56.0 Å². The molecule has 0 radical (unpaired) electrons. The van der Waals surface area contributed by atoms with E-state index in [4.69, 9.17) is 5.10 Å². The molecular formula is C22H21N5OS. The van der Waals surface area contributed by atoms with Gasteiger partial charge in [0.25, 0.3) is 5.91 Å². The lowest BCUT2D eigenvalue weighted by Crippen LogP contribution is -2.26. The molecule has 4 heterocycles. The van der Waals surface area contributed by atoms with Crippen LogP contribution in [-0.2, 0) is 13.1 Å². The van der Waals surface area contributed by atoms with Gasteiger partial charge in [-0.1, -0.05) is 12.1 Å². The predicted octanol–water partition coefficient (Wildman–Crippen LogP) is 4.20. The standard InChI is InChI=1S/C22H21N5OS/c1-14-7-6-8-17(11-14)27-21(25-9-4-5-10-25)18-12-26(13-19(18)24-27)22(28)20-15(2)23-16(3)29-20/h4-11H,12-13H2,1-3H3. The molecular weight excluding hydrogens is 382 g/mol. The summed E-state index contributed by atoms with van der Waals surface area (Å²) in [4.78, 5) is 20.1. The van der Waals surface area contributed by atoms with E-state index >= 15 is 0 Å². The molecule has 1 aliphatic rings. The molecule has 0 bridgehead atoms. The lowest BCUT2D eigenvalue weighted by molar-refractivity contribution is 0.0753. The fraction of sp³-hybridized carbons (Fsp3) is 0.227. The molecule has 1 aromatic carbocycles. The van der Waals surface area contributed by atoms with E-state index in [0.717, 1.165) is 38.3 Å². The molecule has 6 nitrogen and oxygen atoms in total. The van der Waals surface area contributed by atoms with E-state index in [0.29, 0.717) is 13.1 Å². The van der Waals surface area contributed by atoms with Gasteiger partial charge < -0.3 is 9.47 Å². The molecule has 29 heavy (non-hydrogen) atoms. The van der Waals surface area contributed by atoms with Crippen LogP contribution in [0.3, 0.4) is 0 Å². The van der Waals surface area contributed by atoms with Crippen molar-refractivity contribution in [3.63, 3.8) is 0 Å². The third kappa shape index (κ3) is 2.98. The zero-order valence-corrected chi connectivity index (χ0v) is 17.4. The third-order valence-electron chi connectivity index (χ3n) is 5.21. The zero-order valence-electron chi connectivity index (χ0n) is 16.6. The Labute approximate surface area is 173 Å². The lowest BCUT2D eigenvalue weighted by atomic mass is 10.2. The summed E-state index contributed by atoms with van der Waals surface area (Å²) in [5.74, 6) is 1.02. The zero-order chi connectivity index (χ0) is 20.1. The predicted molar refractivity (Wildman–Crippen MR) is 113 cm³/mol. The first-order valence-corrected chi connectivity index (χ1v) is 10.4. The van der Waals surface area contributed by atoms with Crippen LogP contribution in [0.5, 0.6) is 0 Å². The van der Waals surface area contributed by atoms with Gasteiger partial charge in [-0.3, -0.25) is 4.79 Å². The van der Waals surface area contributed by atoms with Crippen LogP contribution < -0.4 is 0 Å². The number of carbonyl (C=O) groups is 1. The Morgan fingerprint density at radius 3 is 2.55 bits per heavy atom. The highest BCUT2D eigenvalue weighted by molar-refractivity contribution is 7.13. The van der Waals surface area contributed by atoms with Crippen LogP contribution in [0.4, 0.5) is 0 Å². The van der Waals surface area contributed by atoms with Gasteiger partial charge in [-0.05, 0) is 50.6 Å². The summed E-state index contributed by atoms with van der Waals surface area (Å²) in [6.07, 6.45) is 4.04. The molecule has 3 aromatic heterocycles. The molecule has 1 aliphatic heterocycles. The monoisotopic (exact) mass is 403 g/mol. The highest BCUT2D eigenvalue weighted by Crippen LogP contribution is 2.32. The normalized spacial score (nSPS) is 13.1. The first-order valence-electron chi connectivity index (χ1n) is 9.55. The minimum atomic E-state index is 0.0339. The van der Waals surface area contributed by atoms with E-state index in [1.807, 2.05) is 54.0 Å². The molecule has 7 heteroatoms. The number of rotatable bonds is 3. The van der Waals surface area contributed by atoms with Gasteiger partial charge in [0.15, 0.2) is 0 Å². The van der Waals surface area contributed by atoms with Crippen molar-refractivity contribution in [3.05, 3.63) is 81.2 Å². The van der Waals surface area contributed by atoms with E-state index in [2.05, 4.69) is 34.7 Å². The number of nitrogens with zero attached hydrogens (tertiary/aromatic N) is 5. The summed E-state index contributed by atoms with van der Waals surface area (Å²) < 4.78 is 4.06. The van der Waals surface area contributed by atoms with Crippen LogP contribution in [0.1, 0.15) is 37.2 Å². The number of carbonyl (C=O) groups excluding carboxylic acids is 1. The van der Waals surface area contributed by atoms with Crippen molar-refractivity contribution in [3.8, 4) is 11.5 Å². The largest absolute Gasteiger partial charge is 0.327 e. The summed E-state index contributed by atoms with van der Waals surface area (Å²) in [7, 11) is 0. The second-order valence-corrected chi connectivity index (χ2v) is 8.60. The molecule has 0 saturated heterocycles. The van der Waals surface area contributed by atoms with Crippen molar-refractivity contribution in [1.82, 2.24) is 24.2 Å². The minimum absolute atomic E-state index is 0.0339. The maximum Gasteiger partial charge on any atom is 0.266 e. The molecule has 0 saturated carbocycles. The van der Waals surface area contributed by atoms with Crippen LogP contribution >= 0.6 is 11.3 Å². The van der Waals surface area contributed by atoms with Crippen molar-refractivity contribution in [2.45, 2.75) is 33.9 Å². The SMILES string of the molecule is Cc1cccc(-n2nc3c(c2-n2cccc2)CN(C(=O)c2sc(C)nc2C)C3)c1. The van der Waals surface area contributed by atoms with Gasteiger partial charge >= 0.3 is 0 Å². The number of benzene rings is 1. The molecule has 4 aromatic rings. The summed E-state index contributed by atoms with van der Waals surface area (Å²) in [6, 6.07) is 12.3. The Hall–Kier alpha value is -3.19. The van der Waals surface area contributed by atoms with Gasteiger partial charge in [-0.2, -0.15) is 5.10 Å². The molecule has 1 amide bonds. The van der Waals surface area contributed by atoms with Gasteiger partial charge in [0.05, 0.1) is 35.2 Å². The molecule has 5 rings (SSSR count). The van der Waals surface area contributed by atoms with Crippen LogP contribution in [0.15, 0.2) is 48.8 Å². The Morgan fingerprint density at radius 2 is 1.86 bits per heavy atom. The number of aromatic nitrogens is 4. The van der Waals surface area contributed by atoms with Crippen molar-refractivity contribution in [2.24, 2.45) is 0 Å². The molecule has 0 N–H and O–H groups in total. The second kappa shape index (κ2) is 6.70. The average Bonchev–Trinajstić information content (AvgIpc) is 3.44. The number of thiazole rings is 1. The van der Waals surface area contributed by atoms with E-state index < -0.39 is 0 Å². The van der Waals surface area contributed by atoms with Gasteiger partial charge in [-0.25, -0.2) is 9.67 Å². The second-order valence-electron chi connectivity index (χ2n) is 7.40. The van der Waals surface area contributed by atoms with E-state index in [1.54, 1.807) is 0 Å². The number of hydrogen-bond acceptors (Lipinski definition) is 4. The fourth-order valence-electron chi connectivity index (χ4n) is 3.90. The minimum Gasteiger partial charge on any atom is -0.327 e. The number of amides is 1. The molecule has 0 atom stereocenters. The highest BCUT2D eigenvalue weighted by atomic mass is 32.1. The summed E-state index contributed by atoms with van der Waals surface area (Å²) in [5, 5.41) is 5.82. The van der Waals surface area contributed by atoms with Gasteiger partial charge in [-0.15, -0.1) is 11.3 Å². The maximum atomic E-state index is 13.1. The van der Waals surface area contributed by atoms with Crippen LogP contribution in [0.2, 0.25) is 0 Å². The quantitative estimate of drug-likeness (QED) is 0.515. The van der Waals surface area contributed by atoms with Crippen LogP contribution in [0.25, 0.3) is 11.5 Å². The van der Waals surface area contributed by atoms with Gasteiger partial charge in [0, 0.05) is 18.0 Å². The number of fused-ring (bicyclic) bond motifs is 1. The average molecular weight is 404 g/mol. The Balaban J connectivity index is 1.56. The highest BCUT2D eigenvalue weighted by Gasteiger charge is 2.33. The first kappa shape index (κ1) is 17.9. The van der Waals surface area contributed by atoms with Gasteiger partial charge in [0.2, 0.25) is 0 Å². The molecule has 0 unspecified atom stereocenters. The maximum absolute atomic E-state index is 13.1. The van der Waals surface area contributed by atoms with Crippen LogP contribution in [0, 0.1) is 20.8 Å². The fourth-order valence-corrected chi connectivity index (χ4v) is 4.79. The Kier molecular flexibility index (Phi) is 4.13. The molecule has 0 spiro atoms. The summed E-state index contributed by atoms with van der Waals surface area (Å²) >= 11 is 1.46. The Bertz CT molecular complexity index is 1220. The molecule has 0 aliphatic carbocycles. The van der Waals surface area contributed by atoms with Gasteiger partial charge in [0.1, 0.15) is 10.7 Å². The first-order chi connectivity index (χ1) is 14.0. The Morgan fingerprint density at radius 1 is 1.07 bits per heavy atom. The number of hydrogen-bond donors (Lipinski definition) is 0. The summed E-state index contributed by atoms with van der Waals surface area (Å²) in [5.41, 5.74) is 5.05. The molecule has 0 fully saturated rings. The summed E-state index contributed by atoms with van der Waals surface area (Å²) in [6.45, 7) is 6.97. The third-order valence-corrected chi connectivity index (χ3v) is 6.27. The smallest absolute Gasteiger partial charge is 0.266 e. The van der Waals surface area contributed by atoms with E-state index in [-0.39, 0.29) is 5.91 Å². The van der Waals surface area contributed by atoms with Crippen molar-refractivity contribution >= 4 is 17.2 Å². The van der Waals surface area contributed by atoms with Crippen LogP contribution in [-0.4, -0.2) is 30.1 Å². The van der Waals surface area contributed by atoms with Crippen molar-refractivity contribution in [2.75, 3.05) is 0 Å². The number of aryl methyl sites for hydroxylation is 3. The lowest BCUT2D eigenvalue weighted by Gasteiger charge is -2.17. The van der Waals surface area contributed by atoms with E-state index in [1.165, 1.54) is 16.9 Å². The van der Waals surface area contributed by atoms with Crippen molar-refractivity contribution < 1.29 is 4.79 Å². The molecule has 146 valence electrons. The van der Waals surface area contributed by atoms with E-state index in [9.17, 15) is 4.79 Å².